The summed E-state index contributed by atoms with van der Waals surface area (Å²) in [7, 11) is 1.82. The number of hydrogen-bond donors (Lipinski definition) is 0. The molecular weight excluding hydrogens is 244 g/mol. The van der Waals surface area contributed by atoms with Gasteiger partial charge >= 0.3 is 0 Å². The highest BCUT2D eigenvalue weighted by atomic mass is 16.7. The second kappa shape index (κ2) is 4.61. The summed E-state index contributed by atoms with van der Waals surface area (Å²) in [6.45, 7) is 0.206. The van der Waals surface area contributed by atoms with Crippen molar-refractivity contribution in [1.29, 1.82) is 0 Å². The van der Waals surface area contributed by atoms with Crippen LogP contribution in [0.3, 0.4) is 0 Å². The highest BCUT2D eigenvalue weighted by Gasteiger charge is 2.15. The van der Waals surface area contributed by atoms with Crippen LogP contribution in [0, 0.1) is 0 Å². The number of aromatic nitrogens is 2. The van der Waals surface area contributed by atoms with Crippen molar-refractivity contribution in [3.63, 3.8) is 0 Å². The van der Waals surface area contributed by atoms with Gasteiger partial charge in [0.25, 0.3) is 0 Å². The topological polar surface area (TPSA) is 53.4 Å². The zero-order valence-corrected chi connectivity index (χ0v) is 10.4. The fourth-order valence-electron chi connectivity index (χ4n) is 1.85. The van der Waals surface area contributed by atoms with Gasteiger partial charge in [-0.25, -0.2) is 0 Å². The van der Waals surface area contributed by atoms with Gasteiger partial charge in [-0.3, -0.25) is 9.48 Å². The van der Waals surface area contributed by atoms with Crippen molar-refractivity contribution in [3.8, 4) is 11.5 Å². The molecule has 0 bridgehead atoms. The Kier molecular flexibility index (Phi) is 2.79. The summed E-state index contributed by atoms with van der Waals surface area (Å²) in [6.07, 6.45) is 4.94. The molecule has 19 heavy (non-hydrogen) atoms. The zero-order valence-electron chi connectivity index (χ0n) is 10.4. The normalized spacial score (nSPS) is 13.1. The second-order valence-corrected chi connectivity index (χ2v) is 4.15. The van der Waals surface area contributed by atoms with Gasteiger partial charge < -0.3 is 9.47 Å². The third kappa shape index (κ3) is 2.22. The van der Waals surface area contributed by atoms with Crippen LogP contribution in [0.1, 0.15) is 16.1 Å². The van der Waals surface area contributed by atoms with Gasteiger partial charge in [-0.05, 0) is 36.4 Å². The fraction of sp³-hybridized carbons (Fsp3) is 0.143. The first kappa shape index (κ1) is 11.5. The van der Waals surface area contributed by atoms with Crippen LogP contribution in [0.25, 0.3) is 6.08 Å². The Hall–Kier alpha value is -2.56. The van der Waals surface area contributed by atoms with Gasteiger partial charge in [-0.2, -0.15) is 5.10 Å². The van der Waals surface area contributed by atoms with Crippen LogP contribution in [0.5, 0.6) is 11.5 Å². The maximum atomic E-state index is 12.0. The molecule has 0 spiro atoms. The molecule has 0 aliphatic carbocycles. The SMILES string of the molecule is Cn1nccc1/C=C\C(=O)c1ccc2c(c1)OCO2. The van der Waals surface area contributed by atoms with Gasteiger partial charge in [0.2, 0.25) is 6.79 Å². The standard InChI is InChI=1S/C14H12N2O3/c1-16-11(6-7-15-16)3-4-12(17)10-2-5-13-14(8-10)19-9-18-13/h2-8H,9H2,1H3/b4-3-. The first-order valence-electron chi connectivity index (χ1n) is 5.84. The average molecular weight is 256 g/mol. The summed E-state index contributed by atoms with van der Waals surface area (Å²) in [5.41, 5.74) is 1.44. The van der Waals surface area contributed by atoms with E-state index in [1.54, 1.807) is 35.2 Å². The highest BCUT2D eigenvalue weighted by molar-refractivity contribution is 6.07. The number of ketones is 1. The van der Waals surface area contributed by atoms with E-state index in [-0.39, 0.29) is 12.6 Å². The number of hydrogen-bond acceptors (Lipinski definition) is 4. The molecule has 0 unspecified atom stereocenters. The van der Waals surface area contributed by atoms with E-state index in [2.05, 4.69) is 5.10 Å². The van der Waals surface area contributed by atoms with Crippen LogP contribution in [0.2, 0.25) is 0 Å². The van der Waals surface area contributed by atoms with Crippen molar-refractivity contribution in [2.45, 2.75) is 0 Å². The van der Waals surface area contributed by atoms with Crippen molar-refractivity contribution in [1.82, 2.24) is 9.78 Å². The lowest BCUT2D eigenvalue weighted by molar-refractivity contribution is 0.104. The molecule has 1 aromatic carbocycles. The largest absolute Gasteiger partial charge is 0.454 e. The third-order valence-corrected chi connectivity index (χ3v) is 2.92. The number of ether oxygens (including phenoxy) is 2. The van der Waals surface area contributed by atoms with Crippen LogP contribution in [-0.4, -0.2) is 22.4 Å². The molecule has 0 atom stereocenters. The van der Waals surface area contributed by atoms with E-state index in [1.165, 1.54) is 6.08 Å². The van der Waals surface area contributed by atoms with Crippen molar-refractivity contribution < 1.29 is 14.3 Å². The number of aryl methyl sites for hydroxylation is 1. The number of carbonyl (C=O) groups is 1. The molecule has 3 rings (SSSR count). The Morgan fingerprint density at radius 3 is 2.95 bits per heavy atom. The Labute approximate surface area is 110 Å². The summed E-state index contributed by atoms with van der Waals surface area (Å²) in [6, 6.07) is 7.00. The monoisotopic (exact) mass is 256 g/mol. The predicted octanol–water partition coefficient (Wildman–Crippen LogP) is 2.04. The molecule has 5 nitrogen and oxygen atoms in total. The smallest absolute Gasteiger partial charge is 0.231 e. The van der Waals surface area contributed by atoms with Gasteiger partial charge in [0.1, 0.15) is 0 Å². The predicted molar refractivity (Wildman–Crippen MR) is 69.1 cm³/mol. The van der Waals surface area contributed by atoms with Crippen molar-refractivity contribution in [2.24, 2.45) is 7.05 Å². The summed E-state index contributed by atoms with van der Waals surface area (Å²) in [5, 5.41) is 4.03. The summed E-state index contributed by atoms with van der Waals surface area (Å²) >= 11 is 0. The molecule has 0 N–H and O–H groups in total. The minimum absolute atomic E-state index is 0.0838. The van der Waals surface area contributed by atoms with Crippen LogP contribution in [-0.2, 0) is 7.05 Å². The van der Waals surface area contributed by atoms with E-state index in [1.807, 2.05) is 13.1 Å². The van der Waals surface area contributed by atoms with E-state index >= 15 is 0 Å². The van der Waals surface area contributed by atoms with Crippen molar-refractivity contribution >= 4 is 11.9 Å². The first-order chi connectivity index (χ1) is 9.24. The molecule has 5 heteroatoms. The van der Waals surface area contributed by atoms with Crippen molar-refractivity contribution in [3.05, 3.63) is 47.8 Å². The molecule has 1 aromatic heterocycles. The van der Waals surface area contributed by atoms with Gasteiger partial charge in [-0.1, -0.05) is 0 Å². The molecule has 0 saturated heterocycles. The second-order valence-electron chi connectivity index (χ2n) is 4.15. The number of nitrogens with zero attached hydrogens (tertiary/aromatic N) is 2. The molecule has 0 saturated carbocycles. The van der Waals surface area contributed by atoms with E-state index in [4.69, 9.17) is 9.47 Å². The van der Waals surface area contributed by atoms with Crippen LogP contribution in [0.4, 0.5) is 0 Å². The first-order valence-corrected chi connectivity index (χ1v) is 5.84. The van der Waals surface area contributed by atoms with Crippen molar-refractivity contribution in [2.75, 3.05) is 6.79 Å². The van der Waals surface area contributed by atoms with Crippen LogP contribution < -0.4 is 9.47 Å². The highest BCUT2D eigenvalue weighted by Crippen LogP contribution is 2.32. The van der Waals surface area contributed by atoms with Gasteiger partial charge in [0.15, 0.2) is 17.3 Å². The van der Waals surface area contributed by atoms with Gasteiger partial charge in [0, 0.05) is 18.8 Å². The lowest BCUT2D eigenvalue weighted by Crippen LogP contribution is -1.96. The third-order valence-electron chi connectivity index (χ3n) is 2.92. The summed E-state index contributed by atoms with van der Waals surface area (Å²) in [4.78, 5) is 12.0. The quantitative estimate of drug-likeness (QED) is 0.623. The molecule has 1 aliphatic rings. The summed E-state index contributed by atoms with van der Waals surface area (Å²) < 4.78 is 12.1. The van der Waals surface area contributed by atoms with Crippen LogP contribution >= 0.6 is 0 Å². The van der Waals surface area contributed by atoms with E-state index in [0.29, 0.717) is 17.1 Å². The Balaban J connectivity index is 1.81. The molecule has 0 amide bonds. The Bertz CT molecular complexity index is 658. The molecule has 0 fully saturated rings. The number of fused-ring (bicyclic) bond motifs is 1. The van der Waals surface area contributed by atoms with Crippen LogP contribution in [0.15, 0.2) is 36.5 Å². The number of carbonyl (C=O) groups excluding carboxylic acids is 1. The molecule has 2 aromatic rings. The fourth-order valence-corrected chi connectivity index (χ4v) is 1.85. The Morgan fingerprint density at radius 2 is 2.16 bits per heavy atom. The van der Waals surface area contributed by atoms with Gasteiger partial charge in [0.05, 0.1) is 5.69 Å². The van der Waals surface area contributed by atoms with Gasteiger partial charge in [-0.15, -0.1) is 0 Å². The maximum absolute atomic E-state index is 12.0. The number of benzene rings is 1. The number of allylic oxidation sites excluding steroid dienone is 1. The molecule has 0 radical (unpaired) electrons. The molecular formula is C14H12N2O3. The lowest BCUT2D eigenvalue weighted by Gasteiger charge is -1.99. The lowest BCUT2D eigenvalue weighted by atomic mass is 10.1. The van der Waals surface area contributed by atoms with E-state index < -0.39 is 0 Å². The zero-order chi connectivity index (χ0) is 13.2. The molecule has 1 aliphatic heterocycles. The minimum atomic E-state index is -0.0838. The molecule has 96 valence electrons. The van der Waals surface area contributed by atoms with E-state index in [9.17, 15) is 4.79 Å². The Morgan fingerprint density at radius 1 is 1.32 bits per heavy atom. The van der Waals surface area contributed by atoms with E-state index in [0.717, 1.165) is 5.69 Å². The summed E-state index contributed by atoms with van der Waals surface area (Å²) in [5.74, 6) is 1.20. The average Bonchev–Trinajstić information content (AvgIpc) is 3.03. The maximum Gasteiger partial charge on any atom is 0.231 e. The molecule has 2 heterocycles. The number of rotatable bonds is 3. The minimum Gasteiger partial charge on any atom is -0.454 e.